The van der Waals surface area contributed by atoms with Crippen molar-refractivity contribution in [1.29, 1.82) is 0 Å². The van der Waals surface area contributed by atoms with Gasteiger partial charge in [0, 0.05) is 21.7 Å². The monoisotopic (exact) mass is 380 g/mol. The van der Waals surface area contributed by atoms with Crippen LogP contribution in [0.15, 0.2) is 48.5 Å². The summed E-state index contributed by atoms with van der Waals surface area (Å²) in [7, 11) is 0. The van der Waals surface area contributed by atoms with Crippen molar-refractivity contribution >= 4 is 23.9 Å². The molecule has 0 radical (unpaired) electrons. The molecule has 128 valence electrons. The van der Waals surface area contributed by atoms with Crippen LogP contribution >= 0.6 is 0 Å². The van der Waals surface area contributed by atoms with Crippen molar-refractivity contribution in [3.8, 4) is 0 Å². The van der Waals surface area contributed by atoms with Gasteiger partial charge in [0.1, 0.15) is 0 Å². The Hall–Kier alpha value is -2.97. The summed E-state index contributed by atoms with van der Waals surface area (Å²) in [5.74, 6) is -4.51. The predicted octanol–water partition coefficient (Wildman–Crippen LogP) is 2.16. The molecule has 0 fully saturated rings. The van der Waals surface area contributed by atoms with Gasteiger partial charge >= 0.3 is 23.9 Å². The minimum Gasteiger partial charge on any atom is -0.478 e. The van der Waals surface area contributed by atoms with Crippen LogP contribution in [-0.4, -0.2) is 44.3 Å². The number of rotatable bonds is 4. The van der Waals surface area contributed by atoms with Gasteiger partial charge in [-0.05, 0) is 36.4 Å². The molecule has 0 heterocycles. The maximum atomic E-state index is 10.4. The Morgan fingerprint density at radius 2 is 0.720 bits per heavy atom. The van der Waals surface area contributed by atoms with Crippen LogP contribution in [0.3, 0.4) is 0 Å². The van der Waals surface area contributed by atoms with Crippen molar-refractivity contribution in [3.05, 3.63) is 70.8 Å². The van der Waals surface area contributed by atoms with Gasteiger partial charge in [-0.2, -0.15) is 0 Å². The van der Waals surface area contributed by atoms with E-state index in [0.717, 1.165) is 12.1 Å². The number of carbonyl (C=O) groups is 4. The molecule has 0 aliphatic rings. The normalized spacial score (nSPS) is 8.96. The van der Waals surface area contributed by atoms with Crippen molar-refractivity contribution in [2.45, 2.75) is 0 Å². The average Bonchev–Trinajstić information content (AvgIpc) is 2.55. The van der Waals surface area contributed by atoms with E-state index in [1.807, 2.05) is 0 Å². The van der Waals surface area contributed by atoms with Crippen LogP contribution in [0.5, 0.6) is 0 Å². The standard InChI is InChI=1S/2C8H6O4.Ti/c2*9-7(10)5-2-1-3-6(4-5)8(11)12;/h2*1-4H,(H,9,10)(H,11,12);. The van der Waals surface area contributed by atoms with Crippen molar-refractivity contribution in [3.63, 3.8) is 0 Å². The van der Waals surface area contributed by atoms with E-state index in [-0.39, 0.29) is 44.0 Å². The number of hydrogen-bond acceptors (Lipinski definition) is 4. The first-order chi connectivity index (χ1) is 11.2. The van der Waals surface area contributed by atoms with E-state index < -0.39 is 23.9 Å². The Kier molecular flexibility index (Phi) is 8.83. The first-order valence-corrected chi connectivity index (χ1v) is 6.35. The van der Waals surface area contributed by atoms with Crippen LogP contribution in [0.25, 0.3) is 0 Å². The van der Waals surface area contributed by atoms with E-state index in [0.29, 0.717) is 0 Å². The largest absolute Gasteiger partial charge is 0.478 e. The van der Waals surface area contributed by atoms with E-state index in [4.69, 9.17) is 20.4 Å². The average molecular weight is 380 g/mol. The SMILES string of the molecule is O=C(O)c1cccc(C(=O)O)c1.O=C(O)c1cccc(C(=O)O)c1.[Ti]. The minimum atomic E-state index is -1.13. The van der Waals surface area contributed by atoms with Crippen molar-refractivity contribution in [1.82, 2.24) is 0 Å². The molecule has 0 amide bonds. The maximum Gasteiger partial charge on any atom is 0.335 e. The van der Waals surface area contributed by atoms with Gasteiger partial charge in [0.05, 0.1) is 22.3 Å². The molecule has 0 saturated carbocycles. The van der Waals surface area contributed by atoms with Gasteiger partial charge in [-0.25, -0.2) is 19.2 Å². The molecule has 0 aromatic heterocycles. The maximum absolute atomic E-state index is 10.4. The summed E-state index contributed by atoms with van der Waals surface area (Å²) in [5.41, 5.74) is -0.0744. The molecule has 2 aromatic rings. The summed E-state index contributed by atoms with van der Waals surface area (Å²) < 4.78 is 0. The Morgan fingerprint density at radius 1 is 0.520 bits per heavy atom. The molecular formula is C16H12O8Ti. The van der Waals surface area contributed by atoms with Crippen LogP contribution in [0.1, 0.15) is 41.4 Å². The molecule has 25 heavy (non-hydrogen) atoms. The van der Waals surface area contributed by atoms with Gasteiger partial charge in [-0.3, -0.25) is 0 Å². The number of aromatic carboxylic acids is 4. The molecule has 9 heteroatoms. The van der Waals surface area contributed by atoms with E-state index in [1.165, 1.54) is 36.4 Å². The quantitative estimate of drug-likeness (QED) is 0.590. The molecule has 0 aliphatic carbocycles. The molecule has 2 aromatic carbocycles. The number of benzene rings is 2. The van der Waals surface area contributed by atoms with Crippen molar-refractivity contribution < 1.29 is 61.3 Å². The topological polar surface area (TPSA) is 149 Å². The third-order valence-corrected chi connectivity index (χ3v) is 2.71. The van der Waals surface area contributed by atoms with Crippen LogP contribution in [0.4, 0.5) is 0 Å². The second kappa shape index (κ2) is 10.0. The number of hydrogen-bond donors (Lipinski definition) is 4. The Morgan fingerprint density at radius 3 is 0.880 bits per heavy atom. The molecule has 8 nitrogen and oxygen atoms in total. The number of carboxylic acid groups (broad SMARTS) is 4. The third-order valence-electron chi connectivity index (χ3n) is 2.71. The van der Waals surface area contributed by atoms with Gasteiger partial charge in [0.15, 0.2) is 0 Å². The summed E-state index contributed by atoms with van der Waals surface area (Å²) in [4.78, 5) is 41.5. The second-order valence-electron chi connectivity index (χ2n) is 4.38. The van der Waals surface area contributed by atoms with E-state index in [1.54, 1.807) is 0 Å². The van der Waals surface area contributed by atoms with Gasteiger partial charge in [-0.15, -0.1) is 0 Å². The summed E-state index contributed by atoms with van der Waals surface area (Å²) >= 11 is 0. The first kappa shape index (κ1) is 22.0. The Labute approximate surface area is 156 Å². The molecule has 4 N–H and O–H groups in total. The van der Waals surface area contributed by atoms with Crippen LogP contribution in [-0.2, 0) is 21.7 Å². The zero-order valence-electron chi connectivity index (χ0n) is 12.5. The van der Waals surface area contributed by atoms with E-state index in [9.17, 15) is 19.2 Å². The third kappa shape index (κ3) is 6.98. The minimum absolute atomic E-state index is 0. The molecule has 0 bridgehead atoms. The summed E-state index contributed by atoms with van der Waals surface area (Å²) in [6.45, 7) is 0. The molecular weight excluding hydrogens is 368 g/mol. The van der Waals surface area contributed by atoms with Gasteiger partial charge in [0.2, 0.25) is 0 Å². The smallest absolute Gasteiger partial charge is 0.335 e. The second-order valence-corrected chi connectivity index (χ2v) is 4.38. The molecule has 0 spiro atoms. The van der Waals surface area contributed by atoms with Gasteiger partial charge in [-0.1, -0.05) is 12.1 Å². The van der Waals surface area contributed by atoms with Gasteiger partial charge < -0.3 is 20.4 Å². The van der Waals surface area contributed by atoms with Crippen LogP contribution in [0, 0.1) is 0 Å². The van der Waals surface area contributed by atoms with Crippen LogP contribution < -0.4 is 0 Å². The van der Waals surface area contributed by atoms with Crippen molar-refractivity contribution in [2.75, 3.05) is 0 Å². The van der Waals surface area contributed by atoms with Crippen molar-refractivity contribution in [2.24, 2.45) is 0 Å². The van der Waals surface area contributed by atoms with Crippen LogP contribution in [0.2, 0.25) is 0 Å². The zero-order valence-corrected chi connectivity index (χ0v) is 14.1. The molecule has 0 saturated heterocycles. The van der Waals surface area contributed by atoms with E-state index in [2.05, 4.69) is 0 Å². The summed E-state index contributed by atoms with van der Waals surface area (Å²) in [6.07, 6.45) is 0. The first-order valence-electron chi connectivity index (χ1n) is 6.35. The Bertz CT molecular complexity index is 674. The molecule has 0 aliphatic heterocycles. The van der Waals surface area contributed by atoms with Gasteiger partial charge in [0.25, 0.3) is 0 Å². The molecule has 2 rings (SSSR count). The Balaban J connectivity index is 0.000000443. The fourth-order valence-corrected chi connectivity index (χ4v) is 1.57. The zero-order chi connectivity index (χ0) is 18.3. The van der Waals surface area contributed by atoms with E-state index >= 15 is 0 Å². The number of carboxylic acids is 4. The fraction of sp³-hybridized carbons (Fsp3) is 0. The summed E-state index contributed by atoms with van der Waals surface area (Å²) in [5, 5.41) is 34.0. The summed E-state index contributed by atoms with van der Waals surface area (Å²) in [6, 6.07) is 10.4. The predicted molar refractivity (Wildman–Crippen MR) is 80.7 cm³/mol. The fourth-order valence-electron chi connectivity index (χ4n) is 1.57. The molecule has 0 atom stereocenters. The molecule has 0 unspecified atom stereocenters.